The summed E-state index contributed by atoms with van der Waals surface area (Å²) >= 11 is 0. The van der Waals surface area contributed by atoms with Gasteiger partial charge < -0.3 is 5.73 Å². The molecule has 126 valence electrons. The molecule has 4 aromatic carbocycles. The Labute approximate surface area is 147 Å². The Morgan fingerprint density at radius 2 is 1.48 bits per heavy atom. The number of nitrogen functional groups attached to an aromatic ring is 1. The molecule has 0 aliphatic rings. The highest BCUT2D eigenvalue weighted by molar-refractivity contribution is 6.07. The maximum absolute atomic E-state index is 13.6. The van der Waals surface area contributed by atoms with Crippen LogP contribution in [0.2, 0.25) is 0 Å². The summed E-state index contributed by atoms with van der Waals surface area (Å²) in [7, 11) is 0. The standard InChI is InChI=1S/C21H16FN.C2H6/c1-13-6-7-15-10-14-8-9-17(22)11-16(14)12-19(15)21(13)18-4-2-3-5-20(18)23;1-2/h2-12H,23H2,1H3;1-2H3. The van der Waals surface area contributed by atoms with Crippen molar-refractivity contribution in [3.05, 3.63) is 78.1 Å². The first-order valence-electron chi connectivity index (χ1n) is 8.61. The van der Waals surface area contributed by atoms with E-state index < -0.39 is 0 Å². The Morgan fingerprint density at radius 1 is 0.760 bits per heavy atom. The first kappa shape index (κ1) is 17.0. The Bertz CT molecular complexity index is 1050. The molecule has 0 saturated carbocycles. The number of nitrogens with two attached hydrogens (primary N) is 1. The van der Waals surface area contributed by atoms with Crippen LogP contribution in [0.3, 0.4) is 0 Å². The second kappa shape index (κ2) is 6.94. The van der Waals surface area contributed by atoms with E-state index in [1.165, 1.54) is 6.07 Å². The Hall–Kier alpha value is -2.87. The average Bonchev–Trinajstić information content (AvgIpc) is 2.63. The summed E-state index contributed by atoms with van der Waals surface area (Å²) in [6, 6.07) is 21.1. The molecule has 0 saturated heterocycles. The molecule has 2 N–H and O–H groups in total. The Kier molecular flexibility index (Phi) is 4.71. The van der Waals surface area contributed by atoms with E-state index in [0.29, 0.717) is 0 Å². The Balaban J connectivity index is 0.000000880. The minimum Gasteiger partial charge on any atom is -0.398 e. The minimum atomic E-state index is -0.217. The third-order valence-electron chi connectivity index (χ3n) is 4.38. The van der Waals surface area contributed by atoms with E-state index in [0.717, 1.165) is 43.9 Å². The second-order valence-corrected chi connectivity index (χ2v) is 5.91. The van der Waals surface area contributed by atoms with Crippen molar-refractivity contribution in [3.8, 4) is 11.1 Å². The van der Waals surface area contributed by atoms with E-state index >= 15 is 0 Å². The highest BCUT2D eigenvalue weighted by Gasteiger charge is 2.11. The van der Waals surface area contributed by atoms with Crippen LogP contribution in [0.15, 0.2) is 66.7 Å². The van der Waals surface area contributed by atoms with E-state index in [4.69, 9.17) is 5.73 Å². The fraction of sp³-hybridized carbons (Fsp3) is 0.130. The number of fused-ring (bicyclic) bond motifs is 2. The van der Waals surface area contributed by atoms with Gasteiger partial charge >= 0.3 is 0 Å². The van der Waals surface area contributed by atoms with Gasteiger partial charge in [0.15, 0.2) is 0 Å². The summed E-state index contributed by atoms with van der Waals surface area (Å²) < 4.78 is 13.6. The van der Waals surface area contributed by atoms with Crippen LogP contribution in [-0.2, 0) is 0 Å². The van der Waals surface area contributed by atoms with Crippen LogP contribution in [0.5, 0.6) is 0 Å². The van der Waals surface area contributed by atoms with E-state index in [1.54, 1.807) is 6.07 Å². The molecule has 0 aliphatic heterocycles. The van der Waals surface area contributed by atoms with Crippen molar-refractivity contribution in [1.29, 1.82) is 0 Å². The van der Waals surface area contributed by atoms with Crippen LogP contribution < -0.4 is 5.73 Å². The van der Waals surface area contributed by atoms with Gasteiger partial charge in [-0.05, 0) is 69.9 Å². The number of para-hydroxylation sites is 1. The molecular weight excluding hydrogens is 309 g/mol. The number of anilines is 1. The van der Waals surface area contributed by atoms with Gasteiger partial charge in [0.1, 0.15) is 5.82 Å². The molecule has 0 aliphatic carbocycles. The lowest BCUT2D eigenvalue weighted by molar-refractivity contribution is 0.630. The van der Waals surface area contributed by atoms with Crippen LogP contribution in [-0.4, -0.2) is 0 Å². The van der Waals surface area contributed by atoms with Crippen molar-refractivity contribution in [2.24, 2.45) is 0 Å². The van der Waals surface area contributed by atoms with E-state index in [1.807, 2.05) is 44.2 Å². The lowest BCUT2D eigenvalue weighted by atomic mass is 9.91. The lowest BCUT2D eigenvalue weighted by Crippen LogP contribution is -1.93. The first-order valence-corrected chi connectivity index (χ1v) is 8.61. The molecule has 0 spiro atoms. The van der Waals surface area contributed by atoms with Crippen LogP contribution in [0.1, 0.15) is 19.4 Å². The summed E-state index contributed by atoms with van der Waals surface area (Å²) in [6.07, 6.45) is 0. The van der Waals surface area contributed by atoms with Gasteiger partial charge in [0, 0.05) is 11.3 Å². The van der Waals surface area contributed by atoms with Crippen LogP contribution >= 0.6 is 0 Å². The molecule has 4 rings (SSSR count). The van der Waals surface area contributed by atoms with Crippen molar-refractivity contribution in [2.75, 3.05) is 5.73 Å². The topological polar surface area (TPSA) is 26.0 Å². The number of hydrogen-bond donors (Lipinski definition) is 1. The fourth-order valence-electron chi connectivity index (χ4n) is 3.23. The molecule has 1 nitrogen and oxygen atoms in total. The highest BCUT2D eigenvalue weighted by Crippen LogP contribution is 2.37. The minimum absolute atomic E-state index is 0.217. The van der Waals surface area contributed by atoms with Crippen molar-refractivity contribution in [3.63, 3.8) is 0 Å². The Morgan fingerprint density at radius 3 is 2.24 bits per heavy atom. The lowest BCUT2D eigenvalue weighted by Gasteiger charge is -2.14. The molecule has 0 aromatic heterocycles. The zero-order valence-corrected chi connectivity index (χ0v) is 14.8. The molecular formula is C23H22FN. The van der Waals surface area contributed by atoms with E-state index in [9.17, 15) is 4.39 Å². The monoisotopic (exact) mass is 331 g/mol. The summed E-state index contributed by atoms with van der Waals surface area (Å²) in [5, 5.41) is 4.17. The molecule has 0 atom stereocenters. The zero-order chi connectivity index (χ0) is 18.0. The predicted octanol–water partition coefficient (Wildman–Crippen LogP) is 6.72. The van der Waals surface area contributed by atoms with Crippen molar-refractivity contribution in [2.45, 2.75) is 20.8 Å². The fourth-order valence-corrected chi connectivity index (χ4v) is 3.23. The maximum Gasteiger partial charge on any atom is 0.123 e. The molecule has 0 radical (unpaired) electrons. The average molecular weight is 331 g/mol. The van der Waals surface area contributed by atoms with Gasteiger partial charge in [-0.1, -0.05) is 50.2 Å². The highest BCUT2D eigenvalue weighted by atomic mass is 19.1. The summed E-state index contributed by atoms with van der Waals surface area (Å²) in [5.41, 5.74) is 10.2. The van der Waals surface area contributed by atoms with Crippen LogP contribution in [0, 0.1) is 12.7 Å². The number of aryl methyl sites for hydroxylation is 1. The number of hydrogen-bond acceptors (Lipinski definition) is 1. The largest absolute Gasteiger partial charge is 0.398 e. The molecule has 0 heterocycles. The van der Waals surface area contributed by atoms with Gasteiger partial charge in [0.2, 0.25) is 0 Å². The number of rotatable bonds is 1. The number of halogens is 1. The molecule has 0 bridgehead atoms. The van der Waals surface area contributed by atoms with Crippen LogP contribution in [0.25, 0.3) is 32.7 Å². The zero-order valence-electron chi connectivity index (χ0n) is 14.8. The molecule has 25 heavy (non-hydrogen) atoms. The number of benzene rings is 4. The van der Waals surface area contributed by atoms with Gasteiger partial charge in [-0.2, -0.15) is 0 Å². The summed E-state index contributed by atoms with van der Waals surface area (Å²) in [6.45, 7) is 6.08. The van der Waals surface area contributed by atoms with Gasteiger partial charge in [-0.25, -0.2) is 4.39 Å². The van der Waals surface area contributed by atoms with Crippen molar-refractivity contribution in [1.82, 2.24) is 0 Å². The first-order chi connectivity index (χ1) is 12.1. The molecule has 2 heteroatoms. The summed E-state index contributed by atoms with van der Waals surface area (Å²) in [4.78, 5) is 0. The van der Waals surface area contributed by atoms with Crippen LogP contribution in [0.4, 0.5) is 10.1 Å². The SMILES string of the molecule is CC.Cc1ccc2cc3ccc(F)cc3cc2c1-c1ccccc1N. The van der Waals surface area contributed by atoms with Gasteiger partial charge in [-0.15, -0.1) is 0 Å². The van der Waals surface area contributed by atoms with E-state index in [-0.39, 0.29) is 5.82 Å². The smallest absolute Gasteiger partial charge is 0.123 e. The van der Waals surface area contributed by atoms with Crippen molar-refractivity contribution < 1.29 is 4.39 Å². The molecule has 0 unspecified atom stereocenters. The molecule has 0 fully saturated rings. The molecule has 4 aromatic rings. The molecule has 0 amide bonds. The van der Waals surface area contributed by atoms with E-state index in [2.05, 4.69) is 31.2 Å². The predicted molar refractivity (Wildman–Crippen MR) is 107 cm³/mol. The quantitative estimate of drug-likeness (QED) is 0.304. The van der Waals surface area contributed by atoms with Gasteiger partial charge in [0.25, 0.3) is 0 Å². The van der Waals surface area contributed by atoms with Crippen molar-refractivity contribution >= 4 is 27.2 Å². The second-order valence-electron chi connectivity index (χ2n) is 5.91. The third-order valence-corrected chi connectivity index (χ3v) is 4.38. The summed E-state index contributed by atoms with van der Waals surface area (Å²) in [5.74, 6) is -0.217. The maximum atomic E-state index is 13.6. The van der Waals surface area contributed by atoms with Gasteiger partial charge in [-0.3, -0.25) is 0 Å². The normalized spacial score (nSPS) is 10.6. The van der Waals surface area contributed by atoms with Gasteiger partial charge in [0.05, 0.1) is 0 Å². The third kappa shape index (κ3) is 3.08.